The number of hydrogen-bond donors (Lipinski definition) is 1. The molecule has 0 aliphatic heterocycles. The second-order valence-electron chi connectivity index (χ2n) is 6.02. The van der Waals surface area contributed by atoms with Crippen molar-refractivity contribution in [3.8, 4) is 5.75 Å². The van der Waals surface area contributed by atoms with E-state index in [9.17, 15) is 4.79 Å². The van der Waals surface area contributed by atoms with Gasteiger partial charge in [-0.05, 0) is 29.8 Å². The quantitative estimate of drug-likeness (QED) is 0.740. The molecule has 0 fully saturated rings. The van der Waals surface area contributed by atoms with Gasteiger partial charge >= 0.3 is 0 Å². The molecule has 0 saturated carbocycles. The molecule has 0 radical (unpaired) electrons. The van der Waals surface area contributed by atoms with Gasteiger partial charge in [-0.3, -0.25) is 4.79 Å². The molecule has 0 unspecified atom stereocenters. The Hall–Kier alpha value is -3.15. The van der Waals surface area contributed by atoms with Crippen LogP contribution in [0.5, 0.6) is 5.75 Å². The minimum atomic E-state index is -0.185. The molecule has 134 valence electrons. The first-order valence-electron chi connectivity index (χ1n) is 8.52. The van der Waals surface area contributed by atoms with E-state index in [4.69, 9.17) is 4.74 Å². The molecular weight excluding hydrogens is 328 g/mol. The topological polar surface area (TPSA) is 67.3 Å². The van der Waals surface area contributed by atoms with Crippen LogP contribution in [0.4, 0.5) is 5.95 Å². The molecule has 0 atom stereocenters. The lowest BCUT2D eigenvalue weighted by Gasteiger charge is -2.14. The highest BCUT2D eigenvalue weighted by Crippen LogP contribution is 2.28. The third-order valence-electron chi connectivity index (χ3n) is 3.95. The molecule has 0 aliphatic rings. The van der Waals surface area contributed by atoms with Crippen LogP contribution in [-0.2, 0) is 6.54 Å². The number of aromatic nitrogens is 2. The van der Waals surface area contributed by atoms with E-state index < -0.39 is 0 Å². The molecule has 3 rings (SSSR count). The van der Waals surface area contributed by atoms with Gasteiger partial charge in [-0.15, -0.1) is 0 Å². The van der Waals surface area contributed by atoms with Crippen molar-refractivity contribution in [1.29, 1.82) is 0 Å². The van der Waals surface area contributed by atoms with Crippen molar-refractivity contribution in [3.63, 3.8) is 0 Å². The Morgan fingerprint density at radius 3 is 2.73 bits per heavy atom. The van der Waals surface area contributed by atoms with E-state index in [0.29, 0.717) is 30.4 Å². The van der Waals surface area contributed by atoms with Crippen molar-refractivity contribution >= 4 is 22.6 Å². The Balaban J connectivity index is 1.87. The summed E-state index contributed by atoms with van der Waals surface area (Å²) in [6.07, 6.45) is 1.69. The first kappa shape index (κ1) is 17.7. The van der Waals surface area contributed by atoms with Crippen molar-refractivity contribution in [3.05, 3.63) is 59.9 Å². The maximum Gasteiger partial charge on any atom is 0.256 e. The fraction of sp³-hybridized carbons (Fsp3) is 0.250. The fourth-order valence-corrected chi connectivity index (χ4v) is 2.72. The Morgan fingerprint density at radius 1 is 1.15 bits per heavy atom. The smallest absolute Gasteiger partial charge is 0.256 e. The number of amides is 1. The largest absolute Gasteiger partial charge is 0.493 e. The van der Waals surface area contributed by atoms with E-state index in [1.165, 1.54) is 0 Å². The highest BCUT2D eigenvalue weighted by Gasteiger charge is 2.16. The van der Waals surface area contributed by atoms with Crippen LogP contribution in [0.2, 0.25) is 0 Å². The van der Waals surface area contributed by atoms with E-state index in [1.807, 2.05) is 62.3 Å². The van der Waals surface area contributed by atoms with Crippen LogP contribution >= 0.6 is 0 Å². The first-order valence-corrected chi connectivity index (χ1v) is 8.52. The number of nitrogens with zero attached hydrogens (tertiary/aromatic N) is 3. The second-order valence-corrected chi connectivity index (χ2v) is 6.02. The summed E-state index contributed by atoms with van der Waals surface area (Å²) >= 11 is 0. The zero-order valence-electron chi connectivity index (χ0n) is 15.2. The van der Waals surface area contributed by atoms with E-state index in [2.05, 4.69) is 15.3 Å². The minimum absolute atomic E-state index is 0.185. The van der Waals surface area contributed by atoms with Crippen molar-refractivity contribution < 1.29 is 9.53 Å². The highest BCUT2D eigenvalue weighted by atomic mass is 16.5. The van der Waals surface area contributed by atoms with E-state index in [1.54, 1.807) is 12.3 Å². The molecule has 0 spiro atoms. The molecule has 1 N–H and O–H groups in total. The maximum atomic E-state index is 12.9. The third-order valence-corrected chi connectivity index (χ3v) is 3.95. The van der Waals surface area contributed by atoms with E-state index >= 15 is 0 Å². The molecule has 0 bridgehead atoms. The number of rotatable bonds is 6. The van der Waals surface area contributed by atoms with Crippen LogP contribution in [0.1, 0.15) is 23.0 Å². The van der Waals surface area contributed by atoms with Gasteiger partial charge in [0.25, 0.3) is 5.91 Å². The maximum absolute atomic E-state index is 12.9. The van der Waals surface area contributed by atoms with E-state index in [0.717, 1.165) is 16.5 Å². The summed E-state index contributed by atoms with van der Waals surface area (Å²) in [5.74, 6) is 1.01. The molecule has 3 aromatic rings. The summed E-state index contributed by atoms with van der Waals surface area (Å²) < 4.78 is 5.68. The van der Waals surface area contributed by atoms with Crippen LogP contribution in [0, 0.1) is 0 Å². The SMILES string of the molecule is CCOc1ccc2ccccc2c1C(=O)NCc1ccnc(N(C)C)n1. The van der Waals surface area contributed by atoms with Crippen molar-refractivity contribution in [2.24, 2.45) is 0 Å². The summed E-state index contributed by atoms with van der Waals surface area (Å²) in [6, 6.07) is 13.4. The Labute approximate surface area is 152 Å². The molecule has 0 saturated heterocycles. The van der Waals surface area contributed by atoms with E-state index in [-0.39, 0.29) is 5.91 Å². The van der Waals surface area contributed by atoms with Crippen LogP contribution in [0.25, 0.3) is 10.8 Å². The predicted octanol–water partition coefficient (Wildman–Crippen LogP) is 3.02. The second kappa shape index (κ2) is 7.82. The predicted molar refractivity (Wildman–Crippen MR) is 103 cm³/mol. The van der Waals surface area contributed by atoms with Crippen LogP contribution in [0.15, 0.2) is 48.7 Å². The molecule has 6 nitrogen and oxygen atoms in total. The number of ether oxygens (including phenoxy) is 1. The monoisotopic (exact) mass is 350 g/mol. The molecule has 6 heteroatoms. The van der Waals surface area contributed by atoms with Crippen molar-refractivity contribution in [1.82, 2.24) is 15.3 Å². The Morgan fingerprint density at radius 2 is 1.96 bits per heavy atom. The third kappa shape index (κ3) is 3.74. The number of carbonyl (C=O) groups is 1. The molecule has 0 aliphatic carbocycles. The lowest BCUT2D eigenvalue weighted by molar-refractivity contribution is 0.0948. The number of nitrogens with one attached hydrogen (secondary N) is 1. The first-order chi connectivity index (χ1) is 12.6. The average Bonchev–Trinajstić information content (AvgIpc) is 2.66. The summed E-state index contributed by atoms with van der Waals surface area (Å²) in [5.41, 5.74) is 1.29. The van der Waals surface area contributed by atoms with Crippen LogP contribution in [0.3, 0.4) is 0 Å². The molecule has 26 heavy (non-hydrogen) atoms. The van der Waals surface area contributed by atoms with Crippen LogP contribution < -0.4 is 15.0 Å². The minimum Gasteiger partial charge on any atom is -0.493 e. The Bertz CT molecular complexity index is 925. The van der Waals surface area contributed by atoms with Gasteiger partial charge in [-0.1, -0.05) is 30.3 Å². The number of fused-ring (bicyclic) bond motifs is 1. The molecule has 1 aromatic heterocycles. The fourth-order valence-electron chi connectivity index (χ4n) is 2.72. The summed E-state index contributed by atoms with van der Waals surface area (Å²) in [6.45, 7) is 2.72. The number of hydrogen-bond acceptors (Lipinski definition) is 5. The molecular formula is C20H22N4O2. The highest BCUT2D eigenvalue weighted by molar-refractivity contribution is 6.09. The van der Waals surface area contributed by atoms with Crippen LogP contribution in [-0.4, -0.2) is 36.6 Å². The van der Waals surface area contributed by atoms with Gasteiger partial charge in [-0.2, -0.15) is 0 Å². The molecule has 1 amide bonds. The van der Waals surface area contributed by atoms with Crippen molar-refractivity contribution in [2.45, 2.75) is 13.5 Å². The standard InChI is InChI=1S/C20H22N4O2/c1-4-26-17-10-9-14-7-5-6-8-16(14)18(17)19(25)22-13-15-11-12-21-20(23-15)24(2)3/h5-12H,4,13H2,1-3H3,(H,22,25). The zero-order chi connectivity index (χ0) is 18.5. The zero-order valence-corrected chi connectivity index (χ0v) is 15.2. The van der Waals surface area contributed by atoms with Gasteiger partial charge < -0.3 is 15.0 Å². The summed E-state index contributed by atoms with van der Waals surface area (Å²) in [4.78, 5) is 23.3. The van der Waals surface area contributed by atoms with Crippen molar-refractivity contribution in [2.75, 3.05) is 25.6 Å². The lowest BCUT2D eigenvalue weighted by Crippen LogP contribution is -2.25. The van der Waals surface area contributed by atoms with Gasteiger partial charge in [0.2, 0.25) is 5.95 Å². The summed E-state index contributed by atoms with van der Waals surface area (Å²) in [7, 11) is 3.75. The molecule has 1 heterocycles. The van der Waals surface area contributed by atoms with Gasteiger partial charge in [0.1, 0.15) is 5.75 Å². The lowest BCUT2D eigenvalue weighted by atomic mass is 10.0. The normalized spacial score (nSPS) is 10.6. The van der Waals surface area contributed by atoms with Gasteiger partial charge in [-0.25, -0.2) is 9.97 Å². The van der Waals surface area contributed by atoms with Gasteiger partial charge in [0, 0.05) is 20.3 Å². The number of carbonyl (C=O) groups excluding carboxylic acids is 1. The van der Waals surface area contributed by atoms with Gasteiger partial charge in [0.15, 0.2) is 0 Å². The summed E-state index contributed by atoms with van der Waals surface area (Å²) in [5, 5.41) is 4.81. The van der Waals surface area contributed by atoms with Gasteiger partial charge in [0.05, 0.1) is 24.4 Å². The Kier molecular flexibility index (Phi) is 5.31. The number of benzene rings is 2. The average molecular weight is 350 g/mol. The molecule has 2 aromatic carbocycles. The number of anilines is 1.